The lowest BCUT2D eigenvalue weighted by Crippen LogP contribution is -2.27. The topological polar surface area (TPSA) is 48.5 Å². The molecule has 1 aromatic carbocycles. The van der Waals surface area contributed by atoms with E-state index in [0.717, 1.165) is 30.5 Å². The molecule has 0 N–H and O–H groups in total. The molecule has 0 amide bonds. The summed E-state index contributed by atoms with van der Waals surface area (Å²) >= 11 is 12.7. The Hall–Kier alpha value is -1.85. The Morgan fingerprint density at radius 2 is 2.04 bits per heavy atom. The summed E-state index contributed by atoms with van der Waals surface area (Å²) in [6, 6.07) is 5.50. The van der Waals surface area contributed by atoms with Gasteiger partial charge < -0.3 is 4.57 Å². The second kappa shape index (κ2) is 8.44. The second-order valence-corrected chi connectivity index (χ2v) is 8.34. The van der Waals surface area contributed by atoms with E-state index in [0.29, 0.717) is 16.6 Å². The number of rotatable bonds is 8. The van der Waals surface area contributed by atoms with Gasteiger partial charge in [-0.2, -0.15) is 0 Å². The number of aromatic nitrogens is 5. The van der Waals surface area contributed by atoms with E-state index in [9.17, 15) is 0 Å². The third kappa shape index (κ3) is 4.53. The Balaban J connectivity index is 2.05. The molecule has 1 unspecified atom stereocenters. The maximum Gasteiger partial charge on any atom is 0.0983 e. The highest BCUT2D eigenvalue weighted by Crippen LogP contribution is 2.35. The van der Waals surface area contributed by atoms with Gasteiger partial charge in [-0.1, -0.05) is 68.1 Å². The van der Waals surface area contributed by atoms with Crippen molar-refractivity contribution in [1.82, 2.24) is 24.5 Å². The molecule has 5 nitrogen and oxygen atoms in total. The zero-order valence-corrected chi connectivity index (χ0v) is 17.5. The molecule has 3 aromatic rings. The first-order chi connectivity index (χ1) is 12.9. The minimum absolute atomic E-state index is 0.0361. The minimum Gasteiger partial charge on any atom is -0.335 e. The molecule has 0 bridgehead atoms. The van der Waals surface area contributed by atoms with Crippen molar-refractivity contribution in [2.45, 2.75) is 58.0 Å². The van der Waals surface area contributed by atoms with Crippen LogP contribution in [0.1, 0.15) is 57.3 Å². The van der Waals surface area contributed by atoms with Crippen molar-refractivity contribution in [3.8, 4) is 0 Å². The third-order valence-corrected chi connectivity index (χ3v) is 5.55. The summed E-state index contributed by atoms with van der Waals surface area (Å²) in [5, 5.41) is 9.93. The van der Waals surface area contributed by atoms with Gasteiger partial charge in [-0.15, -0.1) is 5.10 Å². The van der Waals surface area contributed by atoms with Crippen LogP contribution in [0.25, 0.3) is 0 Å². The summed E-state index contributed by atoms with van der Waals surface area (Å²) in [6.07, 6.45) is 10.8. The van der Waals surface area contributed by atoms with E-state index in [1.165, 1.54) is 0 Å². The lowest BCUT2D eigenvalue weighted by molar-refractivity contribution is 0.369. The molecule has 0 fully saturated rings. The van der Waals surface area contributed by atoms with Crippen molar-refractivity contribution in [3.63, 3.8) is 0 Å². The Morgan fingerprint density at radius 3 is 2.70 bits per heavy atom. The van der Waals surface area contributed by atoms with Crippen LogP contribution in [0.4, 0.5) is 0 Å². The minimum atomic E-state index is -0.109. The second-order valence-electron chi connectivity index (χ2n) is 7.49. The van der Waals surface area contributed by atoms with E-state index in [-0.39, 0.29) is 11.5 Å². The van der Waals surface area contributed by atoms with Gasteiger partial charge in [-0.25, -0.2) is 9.67 Å². The number of imidazole rings is 1. The lowest BCUT2D eigenvalue weighted by Gasteiger charge is -2.29. The molecule has 0 spiro atoms. The van der Waals surface area contributed by atoms with Crippen molar-refractivity contribution >= 4 is 23.2 Å². The van der Waals surface area contributed by atoms with E-state index in [2.05, 4.69) is 36.1 Å². The Kier molecular flexibility index (Phi) is 6.22. The first-order valence-corrected chi connectivity index (χ1v) is 9.99. The van der Waals surface area contributed by atoms with Gasteiger partial charge >= 0.3 is 0 Å². The zero-order valence-electron chi connectivity index (χ0n) is 15.9. The average molecular weight is 406 g/mol. The highest BCUT2D eigenvalue weighted by Gasteiger charge is 2.29. The lowest BCUT2D eigenvalue weighted by atomic mass is 9.83. The molecule has 1 atom stereocenters. The molecule has 0 saturated heterocycles. The maximum absolute atomic E-state index is 6.56. The maximum atomic E-state index is 6.56. The number of benzene rings is 1. The fourth-order valence-electron chi connectivity index (χ4n) is 3.38. The fourth-order valence-corrected chi connectivity index (χ4v) is 3.91. The standard InChI is InChI=1S/C20H25Cl2N5/c1-4-5-8-20(2,3)19-12-24-25-27(19)18(13-26-10-9-23-14-26)16-7-6-15(21)11-17(16)22/h6-7,9-12,14,18H,4-5,8,13H2,1-3H3. The first kappa shape index (κ1) is 19.9. The van der Waals surface area contributed by atoms with Crippen LogP contribution in [0.15, 0.2) is 43.1 Å². The molecule has 7 heteroatoms. The van der Waals surface area contributed by atoms with Crippen LogP contribution >= 0.6 is 23.2 Å². The highest BCUT2D eigenvalue weighted by molar-refractivity contribution is 6.35. The van der Waals surface area contributed by atoms with Gasteiger partial charge in [-0.3, -0.25) is 0 Å². The molecule has 144 valence electrons. The van der Waals surface area contributed by atoms with E-state index < -0.39 is 0 Å². The van der Waals surface area contributed by atoms with E-state index >= 15 is 0 Å². The molecule has 2 aromatic heterocycles. The van der Waals surface area contributed by atoms with Crippen molar-refractivity contribution in [3.05, 3.63) is 64.4 Å². The smallest absolute Gasteiger partial charge is 0.0983 e. The molecular weight excluding hydrogens is 381 g/mol. The monoisotopic (exact) mass is 405 g/mol. The van der Waals surface area contributed by atoms with Crippen molar-refractivity contribution in [2.75, 3.05) is 0 Å². The van der Waals surface area contributed by atoms with Crippen LogP contribution in [-0.2, 0) is 12.0 Å². The van der Waals surface area contributed by atoms with Crippen LogP contribution in [0.5, 0.6) is 0 Å². The van der Waals surface area contributed by atoms with Crippen molar-refractivity contribution < 1.29 is 0 Å². The van der Waals surface area contributed by atoms with Gasteiger partial charge in [0.25, 0.3) is 0 Å². The number of hydrogen-bond acceptors (Lipinski definition) is 3. The number of hydrogen-bond donors (Lipinski definition) is 0. The van der Waals surface area contributed by atoms with Gasteiger partial charge in [0.1, 0.15) is 0 Å². The molecule has 2 heterocycles. The summed E-state index contributed by atoms with van der Waals surface area (Å²) in [7, 11) is 0. The van der Waals surface area contributed by atoms with Gasteiger partial charge in [0.2, 0.25) is 0 Å². The predicted molar refractivity (Wildman–Crippen MR) is 109 cm³/mol. The first-order valence-electron chi connectivity index (χ1n) is 9.23. The zero-order chi connectivity index (χ0) is 19.4. The largest absolute Gasteiger partial charge is 0.335 e. The average Bonchev–Trinajstić information content (AvgIpc) is 3.30. The number of halogens is 2. The Morgan fingerprint density at radius 1 is 1.22 bits per heavy atom. The normalized spacial score (nSPS) is 13.1. The van der Waals surface area contributed by atoms with E-state index in [1.54, 1.807) is 18.6 Å². The van der Waals surface area contributed by atoms with Gasteiger partial charge in [0.15, 0.2) is 0 Å². The molecule has 0 radical (unpaired) electrons. The highest BCUT2D eigenvalue weighted by atomic mass is 35.5. The predicted octanol–water partition coefficient (Wildman–Crippen LogP) is 5.54. The fraction of sp³-hybridized carbons (Fsp3) is 0.450. The molecule has 0 aliphatic rings. The molecule has 0 aliphatic carbocycles. The van der Waals surface area contributed by atoms with E-state index in [4.69, 9.17) is 23.2 Å². The number of unbranched alkanes of at least 4 members (excludes halogenated alkanes) is 1. The molecular formula is C20H25Cl2N5. The summed E-state index contributed by atoms with van der Waals surface area (Å²) < 4.78 is 4.03. The van der Waals surface area contributed by atoms with Crippen LogP contribution in [0, 0.1) is 0 Å². The molecule has 3 rings (SSSR count). The SMILES string of the molecule is CCCCC(C)(C)c1cnnn1C(Cn1ccnc1)c1ccc(Cl)cc1Cl. The summed E-state index contributed by atoms with van der Waals surface area (Å²) in [6.45, 7) is 7.35. The number of nitrogens with zero attached hydrogens (tertiary/aromatic N) is 5. The van der Waals surface area contributed by atoms with Gasteiger partial charge in [0, 0.05) is 27.9 Å². The quantitative estimate of drug-likeness (QED) is 0.494. The summed E-state index contributed by atoms with van der Waals surface area (Å²) in [5.74, 6) is 0. The van der Waals surface area contributed by atoms with Crippen LogP contribution in [-0.4, -0.2) is 24.5 Å². The Bertz CT molecular complexity index is 870. The van der Waals surface area contributed by atoms with Crippen molar-refractivity contribution in [1.29, 1.82) is 0 Å². The van der Waals surface area contributed by atoms with Crippen molar-refractivity contribution in [2.24, 2.45) is 0 Å². The summed E-state index contributed by atoms with van der Waals surface area (Å²) in [4.78, 5) is 4.16. The van der Waals surface area contributed by atoms with Crippen LogP contribution in [0.2, 0.25) is 10.0 Å². The van der Waals surface area contributed by atoms with Crippen LogP contribution < -0.4 is 0 Å². The molecule has 0 saturated carbocycles. The van der Waals surface area contributed by atoms with Gasteiger partial charge in [0.05, 0.1) is 30.8 Å². The van der Waals surface area contributed by atoms with E-state index in [1.807, 2.05) is 33.8 Å². The van der Waals surface area contributed by atoms with Crippen LogP contribution in [0.3, 0.4) is 0 Å². The third-order valence-electron chi connectivity index (χ3n) is 4.98. The van der Waals surface area contributed by atoms with Gasteiger partial charge in [-0.05, 0) is 24.1 Å². The molecule has 0 aliphatic heterocycles. The summed E-state index contributed by atoms with van der Waals surface area (Å²) in [5.41, 5.74) is 2.03. The molecule has 27 heavy (non-hydrogen) atoms. The Labute approximate surface area is 170 Å².